The minimum Gasteiger partial charge on any atom is -0.310 e. The van der Waals surface area contributed by atoms with Crippen molar-refractivity contribution in [1.82, 2.24) is 5.32 Å². The number of hydrogen-bond acceptors (Lipinski definition) is 1. The highest BCUT2D eigenvalue weighted by atomic mass is 19.4. The van der Waals surface area contributed by atoms with Crippen molar-refractivity contribution in [2.75, 3.05) is 6.54 Å². The summed E-state index contributed by atoms with van der Waals surface area (Å²) in [6, 6.07) is 2.78. The molecular formula is C13H15F4N. The van der Waals surface area contributed by atoms with Gasteiger partial charge in [-0.05, 0) is 30.7 Å². The predicted molar refractivity (Wildman–Crippen MR) is 62.6 cm³/mol. The van der Waals surface area contributed by atoms with Crippen molar-refractivity contribution in [3.8, 4) is 0 Å². The number of halogens is 4. The lowest BCUT2D eigenvalue weighted by Gasteiger charge is -2.18. The number of alkyl halides is 3. The standard InChI is InChI=1S/C13H15F4N/c1-3-5-12(18-4-2)9-6-7-10(11(14)8-9)13(15,16)17/h3,6-8,12,18H,1,4-5H2,2H3. The molecule has 0 aliphatic heterocycles. The van der Waals surface area contributed by atoms with E-state index in [0.29, 0.717) is 18.5 Å². The second kappa shape index (κ2) is 6.00. The molecule has 1 nitrogen and oxygen atoms in total. The van der Waals surface area contributed by atoms with Crippen LogP contribution in [0.1, 0.15) is 30.5 Å². The Morgan fingerprint density at radius 1 is 1.39 bits per heavy atom. The Hall–Kier alpha value is -1.36. The molecule has 1 atom stereocenters. The Labute approximate surface area is 104 Å². The highest BCUT2D eigenvalue weighted by Gasteiger charge is 2.34. The highest BCUT2D eigenvalue weighted by molar-refractivity contribution is 5.28. The monoisotopic (exact) mass is 261 g/mol. The first-order valence-corrected chi connectivity index (χ1v) is 5.61. The minimum atomic E-state index is -4.66. The van der Waals surface area contributed by atoms with Crippen molar-refractivity contribution >= 4 is 0 Å². The summed E-state index contributed by atoms with van der Waals surface area (Å²) in [5, 5.41) is 3.07. The summed E-state index contributed by atoms with van der Waals surface area (Å²) >= 11 is 0. The van der Waals surface area contributed by atoms with Crippen LogP contribution in [0.3, 0.4) is 0 Å². The molecule has 1 rings (SSSR count). The van der Waals surface area contributed by atoms with E-state index in [2.05, 4.69) is 11.9 Å². The molecular weight excluding hydrogens is 246 g/mol. The van der Waals surface area contributed by atoms with Gasteiger partial charge in [0.15, 0.2) is 0 Å². The van der Waals surface area contributed by atoms with Gasteiger partial charge in [-0.2, -0.15) is 13.2 Å². The van der Waals surface area contributed by atoms with Crippen LogP contribution in [-0.4, -0.2) is 6.54 Å². The first kappa shape index (κ1) is 14.7. The predicted octanol–water partition coefficient (Wildman–Crippen LogP) is 4.07. The summed E-state index contributed by atoms with van der Waals surface area (Å²) in [5.74, 6) is -1.24. The molecule has 0 aliphatic carbocycles. The van der Waals surface area contributed by atoms with Gasteiger partial charge >= 0.3 is 6.18 Å². The van der Waals surface area contributed by atoms with E-state index in [0.717, 1.165) is 12.1 Å². The molecule has 1 aromatic carbocycles. The molecule has 5 heteroatoms. The largest absolute Gasteiger partial charge is 0.419 e. The van der Waals surface area contributed by atoms with Crippen molar-refractivity contribution in [3.05, 3.63) is 47.8 Å². The summed E-state index contributed by atoms with van der Waals surface area (Å²) in [5.41, 5.74) is -0.748. The molecule has 0 aromatic heterocycles. The average molecular weight is 261 g/mol. The number of nitrogens with one attached hydrogen (secondary N) is 1. The molecule has 1 unspecified atom stereocenters. The molecule has 0 bridgehead atoms. The van der Waals surface area contributed by atoms with Crippen LogP contribution in [0.4, 0.5) is 17.6 Å². The van der Waals surface area contributed by atoms with Crippen molar-refractivity contribution in [2.24, 2.45) is 0 Å². The lowest BCUT2D eigenvalue weighted by Crippen LogP contribution is -2.21. The molecule has 0 amide bonds. The zero-order valence-corrected chi connectivity index (χ0v) is 10.0. The lowest BCUT2D eigenvalue weighted by molar-refractivity contribution is -0.140. The van der Waals surface area contributed by atoms with E-state index in [1.165, 1.54) is 6.07 Å². The van der Waals surface area contributed by atoms with Crippen LogP contribution >= 0.6 is 0 Å². The van der Waals surface area contributed by atoms with Crippen LogP contribution in [0.5, 0.6) is 0 Å². The summed E-state index contributed by atoms with van der Waals surface area (Å²) in [6.45, 7) is 6.09. The Balaban J connectivity index is 3.05. The Morgan fingerprint density at radius 3 is 2.50 bits per heavy atom. The highest BCUT2D eigenvalue weighted by Crippen LogP contribution is 2.32. The summed E-state index contributed by atoms with van der Waals surface area (Å²) in [7, 11) is 0. The van der Waals surface area contributed by atoms with E-state index < -0.39 is 17.6 Å². The van der Waals surface area contributed by atoms with Crippen molar-refractivity contribution in [3.63, 3.8) is 0 Å². The third kappa shape index (κ3) is 3.57. The van der Waals surface area contributed by atoms with Crippen molar-refractivity contribution < 1.29 is 17.6 Å². The van der Waals surface area contributed by atoms with E-state index in [9.17, 15) is 17.6 Å². The van der Waals surface area contributed by atoms with Gasteiger partial charge in [0.2, 0.25) is 0 Å². The van der Waals surface area contributed by atoms with Crippen LogP contribution in [-0.2, 0) is 6.18 Å². The number of rotatable bonds is 5. The maximum atomic E-state index is 13.4. The van der Waals surface area contributed by atoms with Gasteiger partial charge in [-0.3, -0.25) is 0 Å². The van der Waals surface area contributed by atoms with Crippen molar-refractivity contribution in [1.29, 1.82) is 0 Å². The summed E-state index contributed by atoms with van der Waals surface area (Å²) in [6.07, 6.45) is -2.49. The van der Waals surface area contributed by atoms with Crippen LogP contribution < -0.4 is 5.32 Å². The average Bonchev–Trinajstić information content (AvgIpc) is 2.27. The molecule has 100 valence electrons. The molecule has 1 aromatic rings. The molecule has 0 spiro atoms. The van der Waals surface area contributed by atoms with Gasteiger partial charge in [0.25, 0.3) is 0 Å². The molecule has 0 radical (unpaired) electrons. The second-order valence-corrected chi connectivity index (χ2v) is 3.87. The SMILES string of the molecule is C=CCC(NCC)c1ccc(C(F)(F)F)c(F)c1. The van der Waals surface area contributed by atoms with Gasteiger partial charge in [0.05, 0.1) is 5.56 Å². The van der Waals surface area contributed by atoms with E-state index in [1.54, 1.807) is 6.08 Å². The summed E-state index contributed by atoms with van der Waals surface area (Å²) in [4.78, 5) is 0. The van der Waals surface area contributed by atoms with E-state index >= 15 is 0 Å². The van der Waals surface area contributed by atoms with Crippen molar-refractivity contribution in [2.45, 2.75) is 25.6 Å². The smallest absolute Gasteiger partial charge is 0.310 e. The van der Waals surface area contributed by atoms with E-state index in [-0.39, 0.29) is 6.04 Å². The molecule has 0 aliphatic rings. The minimum absolute atomic E-state index is 0.218. The normalized spacial score (nSPS) is 13.4. The quantitative estimate of drug-likeness (QED) is 0.622. The molecule has 0 saturated heterocycles. The van der Waals surface area contributed by atoms with Gasteiger partial charge < -0.3 is 5.32 Å². The fraction of sp³-hybridized carbons (Fsp3) is 0.385. The first-order chi connectivity index (χ1) is 8.40. The number of benzene rings is 1. The van der Waals surface area contributed by atoms with E-state index in [4.69, 9.17) is 0 Å². The molecule has 0 saturated carbocycles. The van der Waals surface area contributed by atoms with Gasteiger partial charge in [-0.25, -0.2) is 4.39 Å². The fourth-order valence-electron chi connectivity index (χ4n) is 1.73. The summed E-state index contributed by atoms with van der Waals surface area (Å²) < 4.78 is 50.6. The third-order valence-corrected chi connectivity index (χ3v) is 2.55. The third-order valence-electron chi connectivity index (χ3n) is 2.55. The van der Waals surface area contributed by atoms with E-state index in [1.807, 2.05) is 6.92 Å². The van der Waals surface area contributed by atoms with Crippen LogP contribution in [0.2, 0.25) is 0 Å². The topological polar surface area (TPSA) is 12.0 Å². The number of hydrogen-bond donors (Lipinski definition) is 1. The van der Waals surface area contributed by atoms with Gasteiger partial charge in [0.1, 0.15) is 5.82 Å². The van der Waals surface area contributed by atoms with Crippen LogP contribution in [0.15, 0.2) is 30.9 Å². The Bertz CT molecular complexity index is 412. The zero-order chi connectivity index (χ0) is 13.8. The maximum absolute atomic E-state index is 13.4. The maximum Gasteiger partial charge on any atom is 0.419 e. The van der Waals surface area contributed by atoms with Crippen LogP contribution in [0.25, 0.3) is 0 Å². The molecule has 1 N–H and O–H groups in total. The lowest BCUT2D eigenvalue weighted by atomic mass is 10.0. The Kier molecular flexibility index (Phi) is 4.90. The first-order valence-electron chi connectivity index (χ1n) is 5.61. The Morgan fingerprint density at radius 2 is 2.06 bits per heavy atom. The van der Waals surface area contributed by atoms with Gasteiger partial charge in [-0.15, -0.1) is 6.58 Å². The fourth-order valence-corrected chi connectivity index (χ4v) is 1.73. The molecule has 0 fully saturated rings. The second-order valence-electron chi connectivity index (χ2n) is 3.87. The van der Waals surface area contributed by atoms with Gasteiger partial charge in [0, 0.05) is 6.04 Å². The zero-order valence-electron chi connectivity index (χ0n) is 10.0. The molecule has 0 heterocycles. The van der Waals surface area contributed by atoms with Crippen LogP contribution in [0, 0.1) is 5.82 Å². The van der Waals surface area contributed by atoms with Gasteiger partial charge in [-0.1, -0.05) is 19.1 Å². The molecule has 18 heavy (non-hydrogen) atoms.